The van der Waals surface area contributed by atoms with Crippen molar-refractivity contribution in [1.82, 2.24) is 24.7 Å². The van der Waals surface area contributed by atoms with E-state index in [4.69, 9.17) is 0 Å². The average molecular weight is 792 g/mol. The third-order valence-electron chi connectivity index (χ3n) is 8.95. The predicted molar refractivity (Wildman–Crippen MR) is 243 cm³/mol. The van der Waals surface area contributed by atoms with Crippen LogP contribution in [0.1, 0.15) is 46.5 Å². The summed E-state index contributed by atoms with van der Waals surface area (Å²) in [5.41, 5.74) is 9.36. The fourth-order valence-electron chi connectivity index (χ4n) is 6.03. The molecule has 0 amide bonds. The van der Waals surface area contributed by atoms with Crippen LogP contribution in [0.2, 0.25) is 0 Å². The Kier molecular flexibility index (Phi) is 16.6. The topological polar surface area (TPSA) is 126 Å². The van der Waals surface area contributed by atoms with Crippen molar-refractivity contribution in [2.24, 2.45) is 48.6 Å². The maximum atomic E-state index is 4.39. The summed E-state index contributed by atoms with van der Waals surface area (Å²) in [5, 5.41) is 24.7. The normalized spacial score (nSPS) is 10.7. The van der Waals surface area contributed by atoms with Crippen LogP contribution in [0.15, 0.2) is 161 Å². The molecular weight excluding hydrogens is 733 g/mol. The monoisotopic (exact) mass is 791 g/mol. The van der Waals surface area contributed by atoms with Crippen molar-refractivity contribution in [2.75, 3.05) is 0 Å². The maximum Gasteiger partial charge on any atom is 0.403 e. The lowest BCUT2D eigenvalue weighted by molar-refractivity contribution is -0.671. The van der Waals surface area contributed by atoms with Crippen molar-refractivity contribution in [3.05, 3.63) is 157 Å². The molecule has 0 fully saturated rings. The minimum atomic E-state index is 0. The first-order valence-corrected chi connectivity index (χ1v) is 17.8. The molecule has 304 valence electrons. The highest BCUT2D eigenvalue weighted by Gasteiger charge is 2.12. The highest BCUT2D eigenvalue weighted by atomic mass is 15.4. The molecule has 0 bridgehead atoms. The molecule has 12 nitrogen and oxygen atoms in total. The minimum Gasteiger partial charge on any atom is -0.361 e. The summed E-state index contributed by atoms with van der Waals surface area (Å²) >= 11 is 0. The van der Waals surface area contributed by atoms with Crippen molar-refractivity contribution >= 4 is 67.9 Å². The molecule has 9 rings (SSSR count). The Morgan fingerprint density at radius 1 is 0.610 bits per heavy atom. The number of rotatable bonds is 6. The van der Waals surface area contributed by atoms with Gasteiger partial charge in [-0.15, -0.1) is 14.9 Å². The van der Waals surface area contributed by atoms with Gasteiger partial charge in [0.1, 0.15) is 31.2 Å². The standard InChI is InChI=1S/C16H14N2.C15H15N4.C12H12N6.4CH4/c1-18-10-8-13(9-11-18)6-7-14-12-17-16-5-3-2-4-15(14)16;1-11-15(13-7-3-4-8-14(13)16-11)18-17-12-6-5-9-19(2)10-12;1-17-8-14-18(2)12(17)16-15-11-7-13-10-6-4-3-5-9(10)11;;;;/h2-12H,1H3;3-10,16H,1-2H3;3-8H,1-2H3;4*1H4/q;+1;;;;;/p+2. The molecule has 12 heteroatoms. The highest BCUT2D eigenvalue weighted by molar-refractivity contribution is 5.93. The van der Waals surface area contributed by atoms with Crippen LogP contribution in [0, 0.1) is 6.92 Å². The predicted octanol–water partition coefficient (Wildman–Crippen LogP) is 11.6. The lowest BCUT2D eigenvalue weighted by Crippen LogP contribution is -2.25. The Balaban J connectivity index is 0.000000229. The molecule has 59 heavy (non-hydrogen) atoms. The van der Waals surface area contributed by atoms with Gasteiger partial charge >= 0.3 is 5.95 Å². The number of H-pyrrole nitrogens is 3. The summed E-state index contributed by atoms with van der Waals surface area (Å²) in [4.78, 5) is 9.76. The van der Waals surface area contributed by atoms with Crippen LogP contribution in [-0.2, 0) is 28.2 Å². The summed E-state index contributed by atoms with van der Waals surface area (Å²) < 4.78 is 7.48. The van der Waals surface area contributed by atoms with E-state index >= 15 is 0 Å². The van der Waals surface area contributed by atoms with Crippen LogP contribution in [0.4, 0.5) is 23.0 Å². The molecule has 3 aromatic carbocycles. The Hall–Kier alpha value is -7.34. The number of nitrogens with zero attached hydrogens (tertiary/aromatic N) is 9. The number of nitrogens with one attached hydrogen (secondary N) is 3. The zero-order chi connectivity index (χ0) is 38.1. The van der Waals surface area contributed by atoms with Crippen LogP contribution in [0.5, 0.6) is 0 Å². The first kappa shape index (κ1) is 46.0. The van der Waals surface area contributed by atoms with Crippen molar-refractivity contribution in [1.29, 1.82) is 0 Å². The van der Waals surface area contributed by atoms with E-state index in [1.54, 1.807) is 11.0 Å². The zero-order valence-corrected chi connectivity index (χ0v) is 31.5. The largest absolute Gasteiger partial charge is 0.403 e. The van der Waals surface area contributed by atoms with E-state index in [0.29, 0.717) is 5.95 Å². The fourth-order valence-corrected chi connectivity index (χ4v) is 6.03. The molecule has 0 radical (unpaired) electrons. The van der Waals surface area contributed by atoms with E-state index in [1.165, 1.54) is 22.0 Å². The van der Waals surface area contributed by atoms with Gasteiger partial charge in [0.2, 0.25) is 6.33 Å². The van der Waals surface area contributed by atoms with Crippen LogP contribution < -0.4 is 13.7 Å². The lowest BCUT2D eigenvalue weighted by Gasteiger charge is -1.92. The second-order valence-corrected chi connectivity index (χ2v) is 13.1. The minimum absolute atomic E-state index is 0. The number of fused-ring (bicyclic) bond motifs is 3. The third kappa shape index (κ3) is 11.2. The average Bonchev–Trinajstić information content (AvgIpc) is 3.97. The van der Waals surface area contributed by atoms with Crippen LogP contribution in [-0.4, -0.2) is 24.7 Å². The Morgan fingerprint density at radius 3 is 1.92 bits per heavy atom. The summed E-state index contributed by atoms with van der Waals surface area (Å²) in [7, 11) is 7.71. The van der Waals surface area contributed by atoms with Gasteiger partial charge in [0.05, 0.1) is 14.1 Å². The van der Waals surface area contributed by atoms with E-state index in [9.17, 15) is 0 Å². The van der Waals surface area contributed by atoms with Gasteiger partial charge in [-0.3, -0.25) is 0 Å². The number of azo groups is 2. The Morgan fingerprint density at radius 2 is 1.24 bits per heavy atom. The molecule has 0 unspecified atom stereocenters. The third-order valence-corrected chi connectivity index (χ3v) is 8.95. The van der Waals surface area contributed by atoms with E-state index < -0.39 is 0 Å². The number of aromatic amines is 3. The zero-order valence-electron chi connectivity index (χ0n) is 31.5. The highest BCUT2D eigenvalue weighted by Crippen LogP contribution is 2.31. The number of hydrogen-bond donors (Lipinski definition) is 3. The number of benzene rings is 3. The quantitative estimate of drug-likeness (QED) is 0.113. The van der Waals surface area contributed by atoms with Crippen molar-refractivity contribution in [3.63, 3.8) is 0 Å². The summed E-state index contributed by atoms with van der Waals surface area (Å²) in [5.74, 6) is 0.695. The van der Waals surface area contributed by atoms with Crippen molar-refractivity contribution in [3.8, 4) is 0 Å². The van der Waals surface area contributed by atoms with Crippen molar-refractivity contribution < 1.29 is 13.7 Å². The number of hydrogen-bond acceptors (Lipinski definition) is 5. The van der Waals surface area contributed by atoms with Gasteiger partial charge < -0.3 is 15.0 Å². The molecule has 0 atom stereocenters. The number of para-hydroxylation sites is 3. The molecular formula is C47H59N12+3. The van der Waals surface area contributed by atoms with Crippen LogP contribution in [0.25, 0.3) is 44.9 Å². The molecule has 3 N–H and O–H groups in total. The Bertz CT molecular complexity index is 2760. The summed E-state index contributed by atoms with van der Waals surface area (Å²) in [6.45, 7) is 2.01. The van der Waals surface area contributed by atoms with E-state index in [0.717, 1.165) is 44.6 Å². The second kappa shape index (κ2) is 21.3. The fraction of sp³-hybridized carbons (Fsp3) is 0.191. The molecule has 6 heterocycles. The van der Waals surface area contributed by atoms with Gasteiger partial charge in [-0.2, -0.15) is 0 Å². The first-order valence-electron chi connectivity index (χ1n) is 17.8. The smallest absolute Gasteiger partial charge is 0.361 e. The van der Waals surface area contributed by atoms with Gasteiger partial charge in [-0.25, -0.2) is 13.7 Å². The van der Waals surface area contributed by atoms with Gasteiger partial charge in [-0.1, -0.05) is 102 Å². The maximum absolute atomic E-state index is 4.39. The number of pyridine rings is 2. The van der Waals surface area contributed by atoms with Gasteiger partial charge in [0.15, 0.2) is 24.8 Å². The molecule has 0 aliphatic carbocycles. The lowest BCUT2D eigenvalue weighted by atomic mass is 10.1. The molecule has 6 aromatic heterocycles. The second-order valence-electron chi connectivity index (χ2n) is 13.1. The van der Waals surface area contributed by atoms with Crippen LogP contribution in [0.3, 0.4) is 0 Å². The van der Waals surface area contributed by atoms with Crippen molar-refractivity contribution in [2.45, 2.75) is 36.6 Å². The molecule has 0 aliphatic rings. The molecule has 0 saturated heterocycles. The van der Waals surface area contributed by atoms with Gasteiger partial charge in [0.25, 0.3) is 0 Å². The number of aryl methyl sites for hydroxylation is 5. The van der Waals surface area contributed by atoms with Gasteiger partial charge in [0, 0.05) is 74.1 Å². The molecule has 0 saturated carbocycles. The van der Waals surface area contributed by atoms with E-state index in [-0.39, 0.29) is 29.7 Å². The van der Waals surface area contributed by atoms with E-state index in [1.807, 2.05) is 134 Å². The molecule has 9 aromatic rings. The molecule has 0 aliphatic heterocycles. The summed E-state index contributed by atoms with van der Waals surface area (Å²) in [6.07, 6.45) is 17.9. The first-order chi connectivity index (χ1) is 26.8. The summed E-state index contributed by atoms with van der Waals surface area (Å²) in [6, 6.07) is 32.6. The van der Waals surface area contributed by atoms with Crippen LogP contribution >= 0.6 is 0 Å². The number of aromatic nitrogens is 8. The SMILES string of the molecule is C.C.C.C.C[n+]1ccc(C=Cc2c[nH]c3ccccc23)cc1.Cc1[nH]c2ccccc2c1N=Nc1ccc[n+](C)c1.Cn1nc[n+](C)c1N=Nc1c[nH]c2ccccc12. The van der Waals surface area contributed by atoms with E-state index in [2.05, 4.69) is 101 Å². The Labute approximate surface area is 348 Å². The molecule has 0 spiro atoms. The van der Waals surface area contributed by atoms with Gasteiger partial charge in [-0.05, 0) is 47.4 Å².